The molecular weight excluding hydrogens is 362 g/mol. The highest BCUT2D eigenvalue weighted by Gasteiger charge is 2.47. The van der Waals surface area contributed by atoms with E-state index in [9.17, 15) is 13.2 Å². The summed E-state index contributed by atoms with van der Waals surface area (Å²) in [5.41, 5.74) is 1.79. The number of hydrogen-bond acceptors (Lipinski definition) is 4. The third-order valence-corrected chi connectivity index (χ3v) is 7.87. The fraction of sp³-hybridized carbons (Fsp3) is 0.500. The van der Waals surface area contributed by atoms with Crippen molar-refractivity contribution < 1.29 is 13.2 Å². The van der Waals surface area contributed by atoms with Gasteiger partial charge in [0.25, 0.3) is 10.0 Å². The fourth-order valence-electron chi connectivity index (χ4n) is 4.68. The third-order valence-electron chi connectivity index (χ3n) is 6.15. The summed E-state index contributed by atoms with van der Waals surface area (Å²) >= 11 is 0. The van der Waals surface area contributed by atoms with Crippen LogP contribution in [0, 0.1) is 24.7 Å². The molecule has 0 radical (unpaired) electrons. The van der Waals surface area contributed by atoms with E-state index >= 15 is 0 Å². The molecule has 3 atom stereocenters. The maximum atomic E-state index is 12.9. The smallest absolute Gasteiger partial charge is 0.262 e. The molecule has 0 bridgehead atoms. The number of carbonyl (C=O) groups is 1. The summed E-state index contributed by atoms with van der Waals surface area (Å²) < 4.78 is 28.9. The number of sulfonamides is 1. The van der Waals surface area contributed by atoms with Gasteiger partial charge in [-0.25, -0.2) is 13.4 Å². The van der Waals surface area contributed by atoms with Gasteiger partial charge in [-0.05, 0) is 43.1 Å². The lowest BCUT2D eigenvalue weighted by atomic mass is 9.87. The maximum absolute atomic E-state index is 12.9. The molecular formula is C20H25N3O3S. The van der Waals surface area contributed by atoms with Crippen molar-refractivity contribution in [1.29, 1.82) is 0 Å². The lowest BCUT2D eigenvalue weighted by molar-refractivity contribution is 0.0949. The SMILES string of the molecule is Cc1ccccc1C(=O)CC1CCC2CN(S(=O)(=O)c3cn(C)cn3)CC12. The number of aromatic nitrogens is 2. The summed E-state index contributed by atoms with van der Waals surface area (Å²) in [6.45, 7) is 3.00. The Balaban J connectivity index is 1.47. The summed E-state index contributed by atoms with van der Waals surface area (Å²) in [7, 11) is -1.79. The van der Waals surface area contributed by atoms with Crippen LogP contribution in [0.15, 0.2) is 41.8 Å². The van der Waals surface area contributed by atoms with E-state index in [0.29, 0.717) is 25.4 Å². The first kappa shape index (κ1) is 18.4. The number of aryl methyl sites for hydroxylation is 2. The van der Waals surface area contributed by atoms with Crippen LogP contribution in [0.4, 0.5) is 0 Å². The number of fused-ring (bicyclic) bond motifs is 1. The molecule has 6 nitrogen and oxygen atoms in total. The zero-order valence-corrected chi connectivity index (χ0v) is 16.5. The van der Waals surface area contributed by atoms with Crippen LogP contribution in [0.2, 0.25) is 0 Å². The van der Waals surface area contributed by atoms with E-state index < -0.39 is 10.0 Å². The molecule has 0 N–H and O–H groups in total. The second-order valence-electron chi connectivity index (χ2n) is 7.90. The van der Waals surface area contributed by atoms with Crippen molar-refractivity contribution in [2.24, 2.45) is 24.8 Å². The van der Waals surface area contributed by atoms with Crippen molar-refractivity contribution in [1.82, 2.24) is 13.9 Å². The fourth-order valence-corrected chi connectivity index (χ4v) is 6.18. The second-order valence-corrected chi connectivity index (χ2v) is 9.79. The summed E-state index contributed by atoms with van der Waals surface area (Å²) in [6, 6.07) is 7.68. The van der Waals surface area contributed by atoms with Gasteiger partial charge in [0.15, 0.2) is 10.8 Å². The summed E-state index contributed by atoms with van der Waals surface area (Å²) in [4.78, 5) is 16.8. The molecule has 1 aromatic heterocycles. The predicted octanol–water partition coefficient (Wildman–Crippen LogP) is 2.65. The van der Waals surface area contributed by atoms with Crippen LogP contribution >= 0.6 is 0 Å². The Kier molecular flexibility index (Phi) is 4.68. The van der Waals surface area contributed by atoms with Crippen molar-refractivity contribution in [2.75, 3.05) is 13.1 Å². The predicted molar refractivity (Wildman–Crippen MR) is 102 cm³/mol. The average molecular weight is 388 g/mol. The third kappa shape index (κ3) is 3.34. The van der Waals surface area contributed by atoms with Crippen LogP contribution in [-0.4, -0.2) is 41.1 Å². The van der Waals surface area contributed by atoms with E-state index in [1.54, 1.807) is 22.1 Å². The van der Waals surface area contributed by atoms with Crippen molar-refractivity contribution >= 4 is 15.8 Å². The Labute approximate surface area is 160 Å². The van der Waals surface area contributed by atoms with Crippen molar-refractivity contribution in [3.63, 3.8) is 0 Å². The van der Waals surface area contributed by atoms with E-state index in [2.05, 4.69) is 4.98 Å². The molecule has 3 unspecified atom stereocenters. The molecule has 27 heavy (non-hydrogen) atoms. The number of ketones is 1. The van der Waals surface area contributed by atoms with Gasteiger partial charge in [-0.15, -0.1) is 0 Å². The maximum Gasteiger partial charge on any atom is 0.262 e. The molecule has 2 heterocycles. The van der Waals surface area contributed by atoms with E-state index in [-0.39, 0.29) is 22.6 Å². The van der Waals surface area contributed by atoms with Gasteiger partial charge in [-0.1, -0.05) is 24.3 Å². The molecule has 2 aromatic rings. The number of nitrogens with zero attached hydrogens (tertiary/aromatic N) is 3. The highest BCUT2D eigenvalue weighted by atomic mass is 32.2. The Bertz CT molecular complexity index is 966. The standard InChI is InChI=1S/C20H25N3O3S/c1-14-5-3-4-6-17(14)19(24)9-15-7-8-16-10-23(11-18(15)16)27(25,26)20-12-22(2)13-21-20/h3-6,12-13,15-16,18H,7-11H2,1-2H3. The summed E-state index contributed by atoms with van der Waals surface area (Å²) in [5, 5.41) is 0.109. The van der Waals surface area contributed by atoms with Crippen LogP contribution < -0.4 is 0 Å². The van der Waals surface area contributed by atoms with Gasteiger partial charge < -0.3 is 4.57 Å². The van der Waals surface area contributed by atoms with Crippen molar-refractivity contribution in [3.05, 3.63) is 47.9 Å². The van der Waals surface area contributed by atoms with Gasteiger partial charge in [0, 0.05) is 38.3 Å². The summed E-state index contributed by atoms with van der Waals surface area (Å²) in [6.07, 6.45) is 5.55. The van der Waals surface area contributed by atoms with Gasteiger partial charge in [0.2, 0.25) is 0 Å². The van der Waals surface area contributed by atoms with Crippen LogP contribution in [0.5, 0.6) is 0 Å². The van der Waals surface area contributed by atoms with Crippen LogP contribution in [0.3, 0.4) is 0 Å². The Morgan fingerprint density at radius 2 is 2.00 bits per heavy atom. The highest BCUT2D eigenvalue weighted by molar-refractivity contribution is 7.89. The van der Waals surface area contributed by atoms with Crippen LogP contribution in [-0.2, 0) is 17.1 Å². The summed E-state index contributed by atoms with van der Waals surface area (Å²) in [5.74, 6) is 1.03. The molecule has 1 saturated carbocycles. The minimum absolute atomic E-state index is 0.109. The van der Waals surface area contributed by atoms with Gasteiger partial charge in [-0.2, -0.15) is 4.31 Å². The number of rotatable bonds is 5. The van der Waals surface area contributed by atoms with E-state index in [4.69, 9.17) is 0 Å². The van der Waals surface area contributed by atoms with E-state index in [1.807, 2.05) is 31.2 Å². The number of hydrogen-bond donors (Lipinski definition) is 0. The number of imidazole rings is 1. The second kappa shape index (κ2) is 6.87. The number of carbonyl (C=O) groups excluding carboxylic acids is 1. The molecule has 2 fully saturated rings. The number of benzene rings is 1. The molecule has 1 aliphatic carbocycles. The minimum atomic E-state index is -3.55. The van der Waals surface area contributed by atoms with Crippen LogP contribution in [0.25, 0.3) is 0 Å². The monoisotopic (exact) mass is 387 g/mol. The minimum Gasteiger partial charge on any atom is -0.339 e. The Morgan fingerprint density at radius 3 is 2.70 bits per heavy atom. The van der Waals surface area contributed by atoms with E-state index in [0.717, 1.165) is 24.0 Å². The molecule has 4 rings (SSSR count). The largest absolute Gasteiger partial charge is 0.339 e. The van der Waals surface area contributed by atoms with Gasteiger partial charge in [-0.3, -0.25) is 4.79 Å². The van der Waals surface area contributed by atoms with Crippen LogP contribution in [0.1, 0.15) is 35.2 Å². The molecule has 7 heteroatoms. The zero-order chi connectivity index (χ0) is 19.2. The normalized spacial score (nSPS) is 25.6. The quantitative estimate of drug-likeness (QED) is 0.740. The number of Topliss-reactive ketones (excluding diaryl/α,β-unsaturated/α-hetero) is 1. The van der Waals surface area contributed by atoms with Gasteiger partial charge >= 0.3 is 0 Å². The molecule has 2 aliphatic rings. The zero-order valence-electron chi connectivity index (χ0n) is 15.7. The Hall–Kier alpha value is -1.99. The molecule has 1 saturated heterocycles. The lowest BCUT2D eigenvalue weighted by Gasteiger charge is -2.20. The van der Waals surface area contributed by atoms with E-state index in [1.165, 1.54) is 6.33 Å². The molecule has 1 aliphatic heterocycles. The first-order valence-corrected chi connectivity index (χ1v) is 10.9. The van der Waals surface area contributed by atoms with Gasteiger partial charge in [0.05, 0.1) is 6.33 Å². The molecule has 1 aromatic carbocycles. The Morgan fingerprint density at radius 1 is 1.22 bits per heavy atom. The van der Waals surface area contributed by atoms with Crippen molar-refractivity contribution in [3.8, 4) is 0 Å². The van der Waals surface area contributed by atoms with Gasteiger partial charge in [0.1, 0.15) is 0 Å². The lowest BCUT2D eigenvalue weighted by Crippen LogP contribution is -2.31. The first-order valence-electron chi connectivity index (χ1n) is 9.43. The average Bonchev–Trinajstić information content (AvgIpc) is 3.32. The topological polar surface area (TPSA) is 72.3 Å². The highest BCUT2D eigenvalue weighted by Crippen LogP contribution is 2.45. The molecule has 0 amide bonds. The first-order chi connectivity index (χ1) is 12.9. The molecule has 0 spiro atoms. The molecule has 144 valence electrons. The van der Waals surface area contributed by atoms with Crippen molar-refractivity contribution in [2.45, 2.75) is 31.2 Å².